The molecule has 0 unspecified atom stereocenters. The molecule has 0 bridgehead atoms. The van der Waals surface area contributed by atoms with E-state index in [1.54, 1.807) is 19.1 Å². The third kappa shape index (κ3) is 4.51. The van der Waals surface area contributed by atoms with E-state index in [-0.39, 0.29) is 12.3 Å². The summed E-state index contributed by atoms with van der Waals surface area (Å²) in [4.78, 5) is 13.3. The Kier molecular flexibility index (Phi) is 4.98. The molecule has 1 aromatic heterocycles. The minimum atomic E-state index is -4.53. The minimum Gasteiger partial charge on any atom is -0.483 e. The number of alkyl halides is 3. The van der Waals surface area contributed by atoms with Crippen molar-refractivity contribution in [1.29, 1.82) is 0 Å². The predicted molar refractivity (Wildman–Crippen MR) is 76.9 cm³/mol. The maximum atomic E-state index is 12.8. The number of nitrogens with zero attached hydrogens (tertiary/aromatic N) is 1. The van der Waals surface area contributed by atoms with E-state index in [1.807, 2.05) is 0 Å². The highest BCUT2D eigenvalue weighted by Gasteiger charge is 2.34. The molecule has 23 heavy (non-hydrogen) atoms. The van der Waals surface area contributed by atoms with Crippen LogP contribution in [0.5, 0.6) is 5.75 Å². The third-order valence-electron chi connectivity index (χ3n) is 3.16. The van der Waals surface area contributed by atoms with Gasteiger partial charge in [0.05, 0.1) is 12.1 Å². The lowest BCUT2D eigenvalue weighted by atomic mass is 10.2. The molecule has 0 radical (unpaired) electrons. The molecular formula is C16H16F3NO3. The third-order valence-corrected chi connectivity index (χ3v) is 3.16. The molecular weight excluding hydrogens is 311 g/mol. The van der Waals surface area contributed by atoms with Gasteiger partial charge in [-0.15, -0.1) is 0 Å². The van der Waals surface area contributed by atoms with Gasteiger partial charge in [-0.1, -0.05) is 12.1 Å². The second kappa shape index (κ2) is 6.76. The van der Waals surface area contributed by atoms with Gasteiger partial charge >= 0.3 is 6.18 Å². The van der Waals surface area contributed by atoms with Gasteiger partial charge in [0.25, 0.3) is 5.91 Å². The Morgan fingerprint density at radius 1 is 1.22 bits per heavy atom. The van der Waals surface area contributed by atoms with Gasteiger partial charge in [-0.2, -0.15) is 13.2 Å². The van der Waals surface area contributed by atoms with Crippen LogP contribution in [0, 0.1) is 6.92 Å². The van der Waals surface area contributed by atoms with Gasteiger partial charge < -0.3 is 14.1 Å². The maximum absolute atomic E-state index is 12.8. The predicted octanol–water partition coefficient (Wildman–Crippen LogP) is 3.64. The molecule has 1 aromatic carbocycles. The number of hydrogen-bond acceptors (Lipinski definition) is 3. The fraction of sp³-hybridized carbons (Fsp3) is 0.312. The van der Waals surface area contributed by atoms with Crippen LogP contribution in [-0.2, 0) is 17.5 Å². The summed E-state index contributed by atoms with van der Waals surface area (Å²) in [5.74, 6) is 0.497. The van der Waals surface area contributed by atoms with Crippen molar-refractivity contribution < 1.29 is 27.1 Å². The molecule has 0 fully saturated rings. The zero-order valence-corrected chi connectivity index (χ0v) is 12.7. The fourth-order valence-electron chi connectivity index (χ4n) is 1.97. The molecule has 7 heteroatoms. The van der Waals surface area contributed by atoms with Crippen LogP contribution in [0.3, 0.4) is 0 Å². The summed E-state index contributed by atoms with van der Waals surface area (Å²) in [6.45, 7) is 1.52. The van der Waals surface area contributed by atoms with Crippen LogP contribution < -0.4 is 4.74 Å². The van der Waals surface area contributed by atoms with E-state index < -0.39 is 24.3 Å². The molecule has 1 amide bonds. The van der Waals surface area contributed by atoms with Crippen LogP contribution in [0.2, 0.25) is 0 Å². The summed E-state index contributed by atoms with van der Waals surface area (Å²) in [5, 5.41) is 0. The van der Waals surface area contributed by atoms with Crippen molar-refractivity contribution in [2.75, 3.05) is 13.7 Å². The number of carbonyl (C=O) groups excluding carboxylic acids is 1. The number of amides is 1. The number of rotatable bonds is 5. The highest BCUT2D eigenvalue weighted by Crippen LogP contribution is 2.35. The van der Waals surface area contributed by atoms with E-state index in [0.717, 1.165) is 11.8 Å². The van der Waals surface area contributed by atoms with Crippen LogP contribution in [0.25, 0.3) is 0 Å². The van der Waals surface area contributed by atoms with Crippen molar-refractivity contribution in [2.45, 2.75) is 19.6 Å². The lowest BCUT2D eigenvalue weighted by molar-refractivity contribution is -0.140. The molecule has 2 aromatic rings. The monoisotopic (exact) mass is 327 g/mol. The number of para-hydroxylation sites is 1. The standard InChI is InChI=1S/C16H16F3NO3/c1-11-7-8-12(23-11)9-20(2)15(21)10-22-14-6-4-3-5-13(14)16(17,18)19/h3-8H,9-10H2,1-2H3. The Balaban J connectivity index is 1.97. The van der Waals surface area contributed by atoms with Gasteiger partial charge in [0.1, 0.15) is 17.3 Å². The fourth-order valence-corrected chi connectivity index (χ4v) is 1.97. The molecule has 124 valence electrons. The molecule has 1 heterocycles. The molecule has 2 rings (SSSR count). The number of halogens is 3. The molecule has 0 atom stereocenters. The zero-order chi connectivity index (χ0) is 17.0. The average molecular weight is 327 g/mol. The van der Waals surface area contributed by atoms with Crippen LogP contribution in [0.15, 0.2) is 40.8 Å². The Morgan fingerprint density at radius 3 is 2.52 bits per heavy atom. The molecule has 0 N–H and O–H groups in total. The smallest absolute Gasteiger partial charge is 0.419 e. The summed E-state index contributed by atoms with van der Waals surface area (Å²) in [6, 6.07) is 8.29. The Morgan fingerprint density at radius 2 is 1.91 bits per heavy atom. The molecule has 0 aliphatic rings. The van der Waals surface area contributed by atoms with E-state index in [2.05, 4.69) is 0 Å². The van der Waals surface area contributed by atoms with Crippen LogP contribution in [-0.4, -0.2) is 24.5 Å². The van der Waals surface area contributed by atoms with Crippen LogP contribution in [0.4, 0.5) is 13.2 Å². The van der Waals surface area contributed by atoms with E-state index in [9.17, 15) is 18.0 Å². The Hall–Kier alpha value is -2.44. The van der Waals surface area contributed by atoms with Crippen LogP contribution in [0.1, 0.15) is 17.1 Å². The van der Waals surface area contributed by atoms with Crippen molar-refractivity contribution in [1.82, 2.24) is 4.90 Å². The molecule has 0 spiro atoms. The van der Waals surface area contributed by atoms with Gasteiger partial charge in [-0.3, -0.25) is 4.79 Å². The van der Waals surface area contributed by atoms with Crippen molar-refractivity contribution in [2.24, 2.45) is 0 Å². The number of furan rings is 1. The quantitative estimate of drug-likeness (QED) is 0.842. The SMILES string of the molecule is Cc1ccc(CN(C)C(=O)COc2ccccc2C(F)(F)F)o1. The van der Waals surface area contributed by atoms with E-state index in [0.29, 0.717) is 5.76 Å². The number of likely N-dealkylation sites (N-methyl/N-ethyl adjacent to an activating group) is 1. The average Bonchev–Trinajstić information content (AvgIpc) is 2.89. The van der Waals surface area contributed by atoms with E-state index >= 15 is 0 Å². The Bertz CT molecular complexity index is 679. The van der Waals surface area contributed by atoms with Gasteiger partial charge in [-0.05, 0) is 31.2 Å². The normalized spacial score (nSPS) is 11.3. The highest BCUT2D eigenvalue weighted by molar-refractivity contribution is 5.77. The first-order chi connectivity index (χ1) is 10.8. The van der Waals surface area contributed by atoms with E-state index in [4.69, 9.17) is 9.15 Å². The number of aryl methyl sites for hydroxylation is 1. The number of carbonyl (C=O) groups is 1. The van der Waals surface area contributed by atoms with Crippen molar-refractivity contribution in [3.63, 3.8) is 0 Å². The van der Waals surface area contributed by atoms with Gasteiger partial charge in [0.15, 0.2) is 6.61 Å². The molecule has 0 aliphatic heterocycles. The van der Waals surface area contributed by atoms with Crippen molar-refractivity contribution in [3.05, 3.63) is 53.5 Å². The first-order valence-corrected chi connectivity index (χ1v) is 6.85. The first kappa shape index (κ1) is 16.9. The Labute approximate surface area is 131 Å². The largest absolute Gasteiger partial charge is 0.483 e. The molecule has 0 aliphatic carbocycles. The summed E-state index contributed by atoms with van der Waals surface area (Å²) in [6.07, 6.45) is -4.53. The highest BCUT2D eigenvalue weighted by atomic mass is 19.4. The minimum absolute atomic E-state index is 0.219. The topological polar surface area (TPSA) is 42.7 Å². The van der Waals surface area contributed by atoms with Gasteiger partial charge in [0, 0.05) is 7.05 Å². The van der Waals surface area contributed by atoms with Gasteiger partial charge in [-0.25, -0.2) is 0 Å². The summed E-state index contributed by atoms with van der Waals surface area (Å²) < 4.78 is 48.9. The molecule has 0 saturated carbocycles. The van der Waals surface area contributed by atoms with Crippen molar-refractivity contribution in [3.8, 4) is 5.75 Å². The number of hydrogen-bond donors (Lipinski definition) is 0. The lowest BCUT2D eigenvalue weighted by Gasteiger charge is -2.17. The molecule has 0 saturated heterocycles. The number of ether oxygens (including phenoxy) is 1. The lowest BCUT2D eigenvalue weighted by Crippen LogP contribution is -2.31. The van der Waals surface area contributed by atoms with Crippen LogP contribution >= 0.6 is 0 Å². The summed E-state index contributed by atoms with van der Waals surface area (Å²) >= 11 is 0. The maximum Gasteiger partial charge on any atom is 0.419 e. The van der Waals surface area contributed by atoms with Gasteiger partial charge in [0.2, 0.25) is 0 Å². The summed E-state index contributed by atoms with van der Waals surface area (Å²) in [5.41, 5.74) is -0.905. The second-order valence-corrected chi connectivity index (χ2v) is 5.04. The zero-order valence-electron chi connectivity index (χ0n) is 12.7. The molecule has 4 nitrogen and oxygen atoms in total. The summed E-state index contributed by atoms with van der Waals surface area (Å²) in [7, 11) is 1.53. The van der Waals surface area contributed by atoms with E-state index in [1.165, 1.54) is 30.1 Å². The number of benzene rings is 1. The first-order valence-electron chi connectivity index (χ1n) is 6.85. The van der Waals surface area contributed by atoms with Crippen molar-refractivity contribution >= 4 is 5.91 Å². The second-order valence-electron chi connectivity index (χ2n) is 5.04.